The monoisotopic (exact) mass is 283 g/mol. The molecule has 1 aliphatic carbocycles. The Bertz CT molecular complexity index is 369. The first-order valence-corrected chi connectivity index (χ1v) is 7.62. The van der Waals surface area contributed by atoms with Crippen LogP contribution in [0, 0.1) is 17.8 Å². The molecule has 0 bridgehead atoms. The first kappa shape index (κ1) is 15.3. The van der Waals surface area contributed by atoms with Gasteiger partial charge in [0, 0.05) is 19.7 Å². The van der Waals surface area contributed by atoms with Crippen LogP contribution in [0.25, 0.3) is 0 Å². The lowest BCUT2D eigenvalue weighted by Crippen LogP contribution is -2.45. The topological polar surface area (TPSA) is 66.8 Å². The predicted molar refractivity (Wildman–Crippen MR) is 74.2 cm³/mol. The minimum atomic E-state index is -0.835. The highest BCUT2D eigenvalue weighted by Gasteiger charge is 2.44. The maximum absolute atomic E-state index is 12.3. The lowest BCUT2D eigenvalue weighted by Gasteiger charge is -2.34. The van der Waals surface area contributed by atoms with Gasteiger partial charge in [0.1, 0.15) is 0 Å². The van der Waals surface area contributed by atoms with E-state index in [9.17, 15) is 9.59 Å². The van der Waals surface area contributed by atoms with Gasteiger partial charge in [0.25, 0.3) is 0 Å². The molecule has 1 saturated carbocycles. The van der Waals surface area contributed by atoms with E-state index in [0.717, 1.165) is 19.4 Å². The Morgan fingerprint density at radius 2 is 1.95 bits per heavy atom. The van der Waals surface area contributed by atoms with E-state index in [2.05, 4.69) is 13.8 Å². The molecule has 3 unspecified atom stereocenters. The Morgan fingerprint density at radius 3 is 2.50 bits per heavy atom. The number of hydrogen-bond donors (Lipinski definition) is 1. The highest BCUT2D eigenvalue weighted by molar-refractivity contribution is 5.86. The van der Waals surface area contributed by atoms with Gasteiger partial charge in [-0.15, -0.1) is 0 Å². The lowest BCUT2D eigenvalue weighted by atomic mass is 9.73. The van der Waals surface area contributed by atoms with Gasteiger partial charge in [-0.3, -0.25) is 9.59 Å². The van der Waals surface area contributed by atoms with Gasteiger partial charge < -0.3 is 14.7 Å². The molecule has 3 atom stereocenters. The maximum Gasteiger partial charge on any atom is 0.307 e. The van der Waals surface area contributed by atoms with Crippen molar-refractivity contribution in [2.45, 2.75) is 45.6 Å². The molecule has 2 aliphatic rings. The molecule has 0 aromatic carbocycles. The smallest absolute Gasteiger partial charge is 0.307 e. The Morgan fingerprint density at radius 1 is 1.25 bits per heavy atom. The third-order valence-electron chi connectivity index (χ3n) is 4.41. The van der Waals surface area contributed by atoms with Crippen molar-refractivity contribution in [3.63, 3.8) is 0 Å². The summed E-state index contributed by atoms with van der Waals surface area (Å²) in [6.07, 6.45) is 3.38. The maximum atomic E-state index is 12.3. The van der Waals surface area contributed by atoms with Gasteiger partial charge in [-0.1, -0.05) is 13.8 Å². The summed E-state index contributed by atoms with van der Waals surface area (Å²) in [5.41, 5.74) is 0. The van der Waals surface area contributed by atoms with E-state index in [1.54, 1.807) is 4.90 Å². The number of nitrogens with zero attached hydrogens (tertiary/aromatic N) is 1. The summed E-state index contributed by atoms with van der Waals surface area (Å²) in [6, 6.07) is 0. The molecule has 2 rings (SSSR count). The number of rotatable bonds is 6. The van der Waals surface area contributed by atoms with Crippen LogP contribution in [0.3, 0.4) is 0 Å². The molecular weight excluding hydrogens is 258 g/mol. The molecule has 1 saturated heterocycles. The SMILES string of the molecule is CC(C)CCOC1CCN(C(=O)C2CCC2C(=O)O)C1. The number of carbonyl (C=O) groups excluding carboxylic acids is 1. The minimum Gasteiger partial charge on any atom is -0.481 e. The van der Waals surface area contributed by atoms with Crippen LogP contribution < -0.4 is 0 Å². The van der Waals surface area contributed by atoms with Gasteiger partial charge in [-0.2, -0.15) is 0 Å². The number of carbonyl (C=O) groups is 2. The van der Waals surface area contributed by atoms with Gasteiger partial charge in [-0.25, -0.2) is 0 Å². The third kappa shape index (κ3) is 3.51. The van der Waals surface area contributed by atoms with Crippen molar-refractivity contribution in [1.29, 1.82) is 0 Å². The molecule has 1 N–H and O–H groups in total. The van der Waals surface area contributed by atoms with Crippen LogP contribution in [0.2, 0.25) is 0 Å². The average Bonchev–Trinajstić information content (AvgIpc) is 2.74. The molecule has 0 aromatic rings. The van der Waals surface area contributed by atoms with Crippen LogP contribution in [-0.4, -0.2) is 47.7 Å². The fourth-order valence-corrected chi connectivity index (χ4v) is 2.86. The summed E-state index contributed by atoms with van der Waals surface area (Å²) in [4.78, 5) is 25.1. The van der Waals surface area contributed by atoms with E-state index < -0.39 is 11.9 Å². The summed E-state index contributed by atoms with van der Waals surface area (Å²) in [5.74, 6) is -0.970. The van der Waals surface area contributed by atoms with Crippen molar-refractivity contribution in [3.05, 3.63) is 0 Å². The Kier molecular flexibility index (Phi) is 5.02. The second-order valence-electron chi connectivity index (χ2n) is 6.38. The van der Waals surface area contributed by atoms with Gasteiger partial charge in [0.2, 0.25) is 5.91 Å². The van der Waals surface area contributed by atoms with Crippen molar-refractivity contribution in [1.82, 2.24) is 4.90 Å². The van der Waals surface area contributed by atoms with E-state index >= 15 is 0 Å². The number of amides is 1. The van der Waals surface area contributed by atoms with Gasteiger partial charge in [-0.05, 0) is 31.6 Å². The number of hydrogen-bond acceptors (Lipinski definition) is 3. The molecule has 0 aromatic heterocycles. The highest BCUT2D eigenvalue weighted by atomic mass is 16.5. The number of likely N-dealkylation sites (tertiary alicyclic amines) is 1. The van der Waals surface area contributed by atoms with E-state index in [0.29, 0.717) is 31.8 Å². The zero-order chi connectivity index (χ0) is 14.7. The summed E-state index contributed by atoms with van der Waals surface area (Å²) in [7, 11) is 0. The van der Waals surface area contributed by atoms with Gasteiger partial charge in [0.15, 0.2) is 0 Å². The van der Waals surface area contributed by atoms with Crippen molar-refractivity contribution in [3.8, 4) is 0 Å². The predicted octanol–water partition coefficient (Wildman–Crippen LogP) is 1.76. The second-order valence-corrected chi connectivity index (χ2v) is 6.38. The molecule has 1 aliphatic heterocycles. The fraction of sp³-hybridized carbons (Fsp3) is 0.867. The Labute approximate surface area is 120 Å². The summed E-state index contributed by atoms with van der Waals surface area (Å²) in [6.45, 7) is 6.40. The minimum absolute atomic E-state index is 0.0126. The van der Waals surface area contributed by atoms with Crippen LogP contribution in [0.4, 0.5) is 0 Å². The van der Waals surface area contributed by atoms with Gasteiger partial charge in [0.05, 0.1) is 17.9 Å². The van der Waals surface area contributed by atoms with Crippen molar-refractivity contribution < 1.29 is 19.4 Å². The van der Waals surface area contributed by atoms with Gasteiger partial charge >= 0.3 is 5.97 Å². The first-order chi connectivity index (χ1) is 9.49. The molecule has 1 heterocycles. The highest BCUT2D eigenvalue weighted by Crippen LogP contribution is 2.36. The summed E-state index contributed by atoms with van der Waals surface area (Å²) >= 11 is 0. The van der Waals surface area contributed by atoms with Crippen LogP contribution in [0.5, 0.6) is 0 Å². The largest absolute Gasteiger partial charge is 0.481 e. The molecule has 114 valence electrons. The zero-order valence-electron chi connectivity index (χ0n) is 12.4. The molecule has 5 heteroatoms. The molecule has 0 spiro atoms. The van der Waals surface area contributed by atoms with Crippen molar-refractivity contribution in [2.24, 2.45) is 17.8 Å². The van der Waals surface area contributed by atoms with Crippen LogP contribution >= 0.6 is 0 Å². The molecule has 5 nitrogen and oxygen atoms in total. The first-order valence-electron chi connectivity index (χ1n) is 7.62. The number of ether oxygens (including phenoxy) is 1. The van der Waals surface area contributed by atoms with Crippen LogP contribution in [-0.2, 0) is 14.3 Å². The normalized spacial score (nSPS) is 29.6. The standard InChI is InChI=1S/C15H25NO4/c1-10(2)6-8-20-11-5-7-16(9-11)14(17)12-3-4-13(12)15(18)19/h10-13H,3-9H2,1-2H3,(H,18,19). The average molecular weight is 283 g/mol. The number of carboxylic acids is 1. The van der Waals surface area contributed by atoms with Crippen LogP contribution in [0.15, 0.2) is 0 Å². The van der Waals surface area contributed by atoms with Crippen molar-refractivity contribution in [2.75, 3.05) is 19.7 Å². The molecular formula is C15H25NO4. The quantitative estimate of drug-likeness (QED) is 0.806. The van der Waals surface area contributed by atoms with Crippen LogP contribution in [0.1, 0.15) is 39.5 Å². The van der Waals surface area contributed by atoms with Crippen molar-refractivity contribution >= 4 is 11.9 Å². The fourth-order valence-electron chi connectivity index (χ4n) is 2.86. The second kappa shape index (κ2) is 6.57. The Balaban J connectivity index is 1.75. The number of carboxylic acid groups (broad SMARTS) is 1. The number of aliphatic carboxylic acids is 1. The summed E-state index contributed by atoms with van der Waals surface area (Å²) < 4.78 is 5.79. The molecule has 1 amide bonds. The van der Waals surface area contributed by atoms with E-state index in [-0.39, 0.29) is 17.9 Å². The van der Waals surface area contributed by atoms with E-state index in [4.69, 9.17) is 9.84 Å². The Hall–Kier alpha value is -1.10. The lowest BCUT2D eigenvalue weighted by molar-refractivity contribution is -0.156. The third-order valence-corrected chi connectivity index (χ3v) is 4.41. The van der Waals surface area contributed by atoms with E-state index in [1.165, 1.54) is 0 Å². The molecule has 0 radical (unpaired) electrons. The molecule has 20 heavy (non-hydrogen) atoms. The van der Waals surface area contributed by atoms with E-state index in [1.807, 2.05) is 0 Å². The summed E-state index contributed by atoms with van der Waals surface area (Å²) in [5, 5.41) is 9.02. The molecule has 2 fully saturated rings. The zero-order valence-corrected chi connectivity index (χ0v) is 12.4.